The number of carbonyl (C=O) groups excluding carboxylic acids is 1. The Bertz CT molecular complexity index is 220. The van der Waals surface area contributed by atoms with E-state index in [2.05, 4.69) is 17.3 Å². The first-order valence-electron chi connectivity index (χ1n) is 2.82. The number of nitrogens with zero attached hydrogens (tertiary/aromatic N) is 1. The number of hydrogen-bond donors (Lipinski definition) is 1. The van der Waals surface area contributed by atoms with Crippen LogP contribution in [0.2, 0.25) is 0 Å². The van der Waals surface area contributed by atoms with E-state index in [4.69, 9.17) is 0 Å². The summed E-state index contributed by atoms with van der Waals surface area (Å²) in [4.78, 5) is 14.6. The topological polar surface area (TPSA) is 42.0 Å². The minimum atomic E-state index is -0.192. The van der Waals surface area contributed by atoms with E-state index >= 15 is 0 Å². The monoisotopic (exact) mass is 135 g/mol. The summed E-state index contributed by atoms with van der Waals surface area (Å²) in [5.41, 5.74) is 0.574. The van der Waals surface area contributed by atoms with Gasteiger partial charge in [-0.05, 0) is 12.1 Å². The van der Waals surface area contributed by atoms with Crippen LogP contribution >= 0.6 is 0 Å². The van der Waals surface area contributed by atoms with Crippen LogP contribution in [-0.2, 0) is 0 Å². The summed E-state index contributed by atoms with van der Waals surface area (Å²) in [7, 11) is 3.24. The highest BCUT2D eigenvalue weighted by Gasteiger charge is 1.98. The first-order valence-corrected chi connectivity index (χ1v) is 2.82. The van der Waals surface area contributed by atoms with Crippen LogP contribution < -0.4 is 5.32 Å². The highest BCUT2D eigenvalue weighted by atomic mass is 16.1. The Labute approximate surface area is 59.1 Å². The Morgan fingerprint density at radius 2 is 2.10 bits per heavy atom. The third kappa shape index (κ3) is 1.31. The molecule has 0 spiro atoms. The summed E-state index contributed by atoms with van der Waals surface area (Å²) in [5.74, 6) is -0.192. The second-order valence-corrected chi connectivity index (χ2v) is 1.74. The Kier molecular flexibility index (Phi) is 1.99. The molecular weight excluding hydrogens is 128 g/mol. The normalized spacial score (nSPS) is 8.90. The molecule has 0 saturated heterocycles. The number of nitrogens with one attached hydrogen (secondary N) is 1. The van der Waals surface area contributed by atoms with Crippen LogP contribution in [0, 0.1) is 7.05 Å². The average molecular weight is 135 g/mol. The molecule has 1 aromatic rings. The molecule has 0 aromatic carbocycles. The number of carbonyl (C=O) groups is 1. The van der Waals surface area contributed by atoms with Crippen molar-refractivity contribution in [3.05, 3.63) is 37.1 Å². The first kappa shape index (κ1) is 6.74. The van der Waals surface area contributed by atoms with Crippen LogP contribution in [0.5, 0.6) is 0 Å². The van der Waals surface area contributed by atoms with Gasteiger partial charge in [-0.15, -0.1) is 0 Å². The van der Waals surface area contributed by atoms with Crippen molar-refractivity contribution in [1.82, 2.24) is 10.3 Å². The highest BCUT2D eigenvalue weighted by molar-refractivity contribution is 5.94. The molecule has 1 heterocycles. The largest absolute Gasteiger partial charge is 0.350 e. The summed E-state index contributed by atoms with van der Waals surface area (Å²) in [6.07, 6.45) is 3.12. The van der Waals surface area contributed by atoms with E-state index in [1.807, 2.05) is 0 Å². The molecule has 51 valence electrons. The Balaban J connectivity index is 2.85. The molecule has 3 nitrogen and oxygen atoms in total. The zero-order valence-electron chi connectivity index (χ0n) is 5.37. The van der Waals surface area contributed by atoms with Gasteiger partial charge in [-0.2, -0.15) is 0 Å². The van der Waals surface area contributed by atoms with Gasteiger partial charge in [0.25, 0.3) is 5.91 Å². The first-order chi connectivity index (χ1) is 4.84. The molecule has 3 heteroatoms. The number of amides is 1. The lowest BCUT2D eigenvalue weighted by Gasteiger charge is -1.95. The SMILES string of the molecule is [CH2]NC(=O)c1ccncc1. The molecular formula is C7H7N2O. The zero-order chi connectivity index (χ0) is 7.40. The fourth-order valence-electron chi connectivity index (χ4n) is 0.605. The third-order valence-corrected chi connectivity index (χ3v) is 1.10. The third-order valence-electron chi connectivity index (χ3n) is 1.10. The Hall–Kier alpha value is -1.38. The number of pyridine rings is 1. The molecule has 0 bridgehead atoms. The van der Waals surface area contributed by atoms with Crippen molar-refractivity contribution in [2.24, 2.45) is 0 Å². The quantitative estimate of drug-likeness (QED) is 0.612. The number of aromatic nitrogens is 1. The van der Waals surface area contributed by atoms with Crippen LogP contribution in [0.25, 0.3) is 0 Å². The van der Waals surface area contributed by atoms with Gasteiger partial charge in [0.2, 0.25) is 0 Å². The lowest BCUT2D eigenvalue weighted by Crippen LogP contribution is -2.15. The van der Waals surface area contributed by atoms with E-state index in [0.29, 0.717) is 5.56 Å². The van der Waals surface area contributed by atoms with Gasteiger partial charge in [0, 0.05) is 25.0 Å². The van der Waals surface area contributed by atoms with E-state index in [-0.39, 0.29) is 5.91 Å². The maximum atomic E-state index is 10.8. The molecule has 0 fully saturated rings. The van der Waals surface area contributed by atoms with Crippen molar-refractivity contribution in [2.45, 2.75) is 0 Å². The maximum absolute atomic E-state index is 10.8. The van der Waals surface area contributed by atoms with Crippen LogP contribution in [0.3, 0.4) is 0 Å². The van der Waals surface area contributed by atoms with Gasteiger partial charge >= 0.3 is 0 Å². The van der Waals surface area contributed by atoms with Crippen LogP contribution in [0.1, 0.15) is 10.4 Å². The Morgan fingerprint density at radius 1 is 1.50 bits per heavy atom. The molecule has 10 heavy (non-hydrogen) atoms. The van der Waals surface area contributed by atoms with Crippen LogP contribution in [0.4, 0.5) is 0 Å². The molecule has 0 unspecified atom stereocenters. The summed E-state index contributed by atoms with van der Waals surface area (Å²) in [5, 5.41) is 2.26. The molecule has 0 atom stereocenters. The summed E-state index contributed by atoms with van der Waals surface area (Å²) < 4.78 is 0. The second kappa shape index (κ2) is 2.96. The molecule has 0 aliphatic heterocycles. The minimum absolute atomic E-state index is 0.192. The van der Waals surface area contributed by atoms with Crippen molar-refractivity contribution in [1.29, 1.82) is 0 Å². The fourth-order valence-corrected chi connectivity index (χ4v) is 0.605. The summed E-state index contributed by atoms with van der Waals surface area (Å²) in [6.45, 7) is 0. The van der Waals surface area contributed by atoms with Crippen molar-refractivity contribution in [3.63, 3.8) is 0 Å². The van der Waals surface area contributed by atoms with E-state index in [9.17, 15) is 4.79 Å². The van der Waals surface area contributed by atoms with Gasteiger partial charge < -0.3 is 5.32 Å². The van der Waals surface area contributed by atoms with Gasteiger partial charge in [-0.1, -0.05) is 0 Å². The van der Waals surface area contributed by atoms with Gasteiger partial charge in [-0.25, -0.2) is 0 Å². The van der Waals surface area contributed by atoms with Gasteiger partial charge in [0.1, 0.15) is 0 Å². The second-order valence-electron chi connectivity index (χ2n) is 1.74. The molecule has 0 aliphatic carbocycles. The molecule has 1 radical (unpaired) electrons. The molecule has 0 saturated carbocycles. The number of rotatable bonds is 1. The van der Waals surface area contributed by atoms with Gasteiger partial charge in [0.05, 0.1) is 0 Å². The van der Waals surface area contributed by atoms with E-state index in [1.165, 1.54) is 0 Å². The fraction of sp³-hybridized carbons (Fsp3) is 0. The smallest absolute Gasteiger partial charge is 0.251 e. The molecule has 0 aliphatic rings. The summed E-state index contributed by atoms with van der Waals surface area (Å²) in [6, 6.07) is 3.25. The molecule has 1 amide bonds. The highest BCUT2D eigenvalue weighted by Crippen LogP contribution is 1.93. The predicted octanol–water partition coefficient (Wildman–Crippen LogP) is 0.603. The lowest BCUT2D eigenvalue weighted by molar-refractivity contribution is 0.0969. The molecule has 1 aromatic heterocycles. The Morgan fingerprint density at radius 3 is 2.60 bits per heavy atom. The van der Waals surface area contributed by atoms with E-state index < -0.39 is 0 Å². The number of hydrogen-bond acceptors (Lipinski definition) is 2. The van der Waals surface area contributed by atoms with Gasteiger partial charge in [-0.3, -0.25) is 9.78 Å². The lowest BCUT2D eigenvalue weighted by atomic mass is 10.2. The van der Waals surface area contributed by atoms with Crippen LogP contribution in [-0.4, -0.2) is 10.9 Å². The van der Waals surface area contributed by atoms with E-state index in [1.54, 1.807) is 24.5 Å². The molecule has 1 N–H and O–H groups in total. The van der Waals surface area contributed by atoms with Crippen molar-refractivity contribution >= 4 is 5.91 Å². The van der Waals surface area contributed by atoms with Crippen molar-refractivity contribution < 1.29 is 4.79 Å². The van der Waals surface area contributed by atoms with Crippen molar-refractivity contribution in [2.75, 3.05) is 0 Å². The van der Waals surface area contributed by atoms with E-state index in [0.717, 1.165) is 0 Å². The molecule has 1 rings (SSSR count). The average Bonchev–Trinajstić information content (AvgIpc) is 2.05. The van der Waals surface area contributed by atoms with Crippen LogP contribution in [0.15, 0.2) is 24.5 Å². The minimum Gasteiger partial charge on any atom is -0.350 e. The van der Waals surface area contributed by atoms with Crippen molar-refractivity contribution in [3.8, 4) is 0 Å². The zero-order valence-corrected chi connectivity index (χ0v) is 5.37. The van der Waals surface area contributed by atoms with Gasteiger partial charge in [0.15, 0.2) is 0 Å². The predicted molar refractivity (Wildman–Crippen MR) is 37.1 cm³/mol. The summed E-state index contributed by atoms with van der Waals surface area (Å²) >= 11 is 0. The standard InChI is InChI=1S/C7H7N2O/c1-8-7(10)6-2-4-9-5-3-6/h2-5H,1H2,(H,8,10). The maximum Gasteiger partial charge on any atom is 0.251 e.